The van der Waals surface area contributed by atoms with Crippen LogP contribution in [-0.4, -0.2) is 0 Å². The molecule has 0 aliphatic heterocycles. The Bertz CT molecular complexity index is 1270. The standard InChI is InChI=1S/C26H17Cl/c27-26-13-7-6-12-23(26)25-17-20-10-4-5-11-21(20)22-15-14-19(16-24(22)25)18-8-2-1-3-9-18/h1-17H. The summed E-state index contributed by atoms with van der Waals surface area (Å²) >= 11 is 6.57. The van der Waals surface area contributed by atoms with Crippen LogP contribution in [0, 0.1) is 0 Å². The van der Waals surface area contributed by atoms with E-state index in [2.05, 4.69) is 78.9 Å². The van der Waals surface area contributed by atoms with Gasteiger partial charge in [0.25, 0.3) is 0 Å². The van der Waals surface area contributed by atoms with Gasteiger partial charge in [0.05, 0.1) is 0 Å². The molecule has 0 unspecified atom stereocenters. The Hall–Kier alpha value is -3.09. The first-order chi connectivity index (χ1) is 13.3. The molecule has 5 aromatic carbocycles. The van der Waals surface area contributed by atoms with Crippen molar-refractivity contribution in [3.8, 4) is 22.3 Å². The van der Waals surface area contributed by atoms with Gasteiger partial charge in [0.15, 0.2) is 0 Å². The largest absolute Gasteiger partial charge is 0.0837 e. The molecule has 0 fully saturated rings. The van der Waals surface area contributed by atoms with Crippen LogP contribution in [0.5, 0.6) is 0 Å². The van der Waals surface area contributed by atoms with Gasteiger partial charge in [0.1, 0.15) is 0 Å². The fourth-order valence-corrected chi connectivity index (χ4v) is 4.05. The Labute approximate surface area is 163 Å². The van der Waals surface area contributed by atoms with E-state index in [0.29, 0.717) is 0 Å². The summed E-state index contributed by atoms with van der Waals surface area (Å²) in [6, 6.07) is 36.1. The topological polar surface area (TPSA) is 0 Å². The van der Waals surface area contributed by atoms with Crippen LogP contribution in [0.15, 0.2) is 103 Å². The van der Waals surface area contributed by atoms with Gasteiger partial charge in [-0.1, -0.05) is 96.5 Å². The zero-order chi connectivity index (χ0) is 18.2. The van der Waals surface area contributed by atoms with Gasteiger partial charge in [0.2, 0.25) is 0 Å². The average molecular weight is 365 g/mol. The molecule has 5 aromatic rings. The van der Waals surface area contributed by atoms with E-state index >= 15 is 0 Å². The van der Waals surface area contributed by atoms with Gasteiger partial charge in [-0.3, -0.25) is 0 Å². The van der Waals surface area contributed by atoms with Crippen molar-refractivity contribution >= 4 is 33.1 Å². The number of benzene rings is 5. The Morgan fingerprint density at radius 1 is 0.444 bits per heavy atom. The van der Waals surface area contributed by atoms with Crippen LogP contribution in [0.1, 0.15) is 0 Å². The smallest absolute Gasteiger partial charge is 0.0484 e. The second-order valence-electron chi connectivity index (χ2n) is 6.75. The van der Waals surface area contributed by atoms with Crippen molar-refractivity contribution in [1.82, 2.24) is 0 Å². The Kier molecular flexibility index (Phi) is 3.92. The number of rotatable bonds is 2. The van der Waals surface area contributed by atoms with E-state index in [9.17, 15) is 0 Å². The first kappa shape index (κ1) is 16.1. The molecule has 0 radical (unpaired) electrons. The number of hydrogen-bond donors (Lipinski definition) is 0. The molecule has 0 saturated carbocycles. The third kappa shape index (κ3) is 2.79. The van der Waals surface area contributed by atoms with Crippen molar-refractivity contribution in [3.63, 3.8) is 0 Å². The summed E-state index contributed by atoms with van der Waals surface area (Å²) in [4.78, 5) is 0. The predicted octanol–water partition coefficient (Wildman–Crippen LogP) is 7.98. The molecule has 0 atom stereocenters. The molecule has 0 amide bonds. The van der Waals surface area contributed by atoms with Crippen molar-refractivity contribution in [2.24, 2.45) is 0 Å². The molecule has 0 bridgehead atoms. The van der Waals surface area contributed by atoms with Gasteiger partial charge in [-0.15, -0.1) is 0 Å². The maximum Gasteiger partial charge on any atom is 0.0484 e. The average Bonchev–Trinajstić information content (AvgIpc) is 2.74. The second-order valence-corrected chi connectivity index (χ2v) is 7.16. The summed E-state index contributed by atoms with van der Waals surface area (Å²) in [5.74, 6) is 0. The molecular weight excluding hydrogens is 348 g/mol. The van der Waals surface area contributed by atoms with Crippen molar-refractivity contribution in [2.75, 3.05) is 0 Å². The Morgan fingerprint density at radius 2 is 1.19 bits per heavy atom. The highest BCUT2D eigenvalue weighted by atomic mass is 35.5. The monoisotopic (exact) mass is 364 g/mol. The summed E-state index contributed by atoms with van der Waals surface area (Å²) in [5, 5.41) is 5.75. The van der Waals surface area contributed by atoms with E-state index in [1.165, 1.54) is 38.2 Å². The van der Waals surface area contributed by atoms with Crippen molar-refractivity contribution in [2.45, 2.75) is 0 Å². The highest BCUT2D eigenvalue weighted by molar-refractivity contribution is 6.34. The third-order valence-electron chi connectivity index (χ3n) is 5.13. The molecule has 0 aliphatic carbocycles. The predicted molar refractivity (Wildman–Crippen MR) is 117 cm³/mol. The molecule has 0 saturated heterocycles. The van der Waals surface area contributed by atoms with Crippen molar-refractivity contribution in [1.29, 1.82) is 0 Å². The lowest BCUT2D eigenvalue weighted by molar-refractivity contribution is 1.63. The van der Waals surface area contributed by atoms with Crippen LogP contribution < -0.4 is 0 Å². The molecular formula is C26H17Cl. The van der Waals surface area contributed by atoms with Crippen molar-refractivity contribution < 1.29 is 0 Å². The van der Waals surface area contributed by atoms with Gasteiger partial charge in [-0.2, -0.15) is 0 Å². The first-order valence-corrected chi connectivity index (χ1v) is 9.45. The van der Waals surface area contributed by atoms with E-state index in [0.717, 1.165) is 10.6 Å². The zero-order valence-corrected chi connectivity index (χ0v) is 15.4. The van der Waals surface area contributed by atoms with Gasteiger partial charge in [0, 0.05) is 10.6 Å². The minimum absolute atomic E-state index is 0.777. The lowest BCUT2D eigenvalue weighted by Crippen LogP contribution is -1.87. The molecule has 0 nitrogen and oxygen atoms in total. The summed E-state index contributed by atoms with van der Waals surface area (Å²) in [6.07, 6.45) is 0. The first-order valence-electron chi connectivity index (χ1n) is 9.07. The SMILES string of the molecule is Clc1ccccc1-c1cc2ccccc2c2ccc(-c3ccccc3)cc12. The summed E-state index contributed by atoms with van der Waals surface area (Å²) in [6.45, 7) is 0. The van der Waals surface area contributed by atoms with E-state index < -0.39 is 0 Å². The number of halogens is 1. The van der Waals surface area contributed by atoms with Gasteiger partial charge in [-0.25, -0.2) is 0 Å². The van der Waals surface area contributed by atoms with E-state index in [1.54, 1.807) is 0 Å². The fourth-order valence-electron chi connectivity index (χ4n) is 3.82. The van der Waals surface area contributed by atoms with Crippen LogP contribution in [0.3, 0.4) is 0 Å². The lowest BCUT2D eigenvalue weighted by atomic mass is 9.91. The Balaban J connectivity index is 1.89. The van der Waals surface area contributed by atoms with Crippen LogP contribution in [0.4, 0.5) is 0 Å². The van der Waals surface area contributed by atoms with Gasteiger partial charge >= 0.3 is 0 Å². The molecule has 0 aliphatic rings. The van der Waals surface area contributed by atoms with E-state index in [4.69, 9.17) is 11.6 Å². The molecule has 0 spiro atoms. The highest BCUT2D eigenvalue weighted by Gasteiger charge is 2.12. The van der Waals surface area contributed by atoms with E-state index in [1.807, 2.05) is 24.3 Å². The molecule has 128 valence electrons. The minimum Gasteiger partial charge on any atom is -0.0837 e. The van der Waals surface area contributed by atoms with Crippen LogP contribution in [0.2, 0.25) is 5.02 Å². The normalized spacial score (nSPS) is 11.1. The summed E-state index contributed by atoms with van der Waals surface area (Å²) < 4.78 is 0. The van der Waals surface area contributed by atoms with Crippen LogP contribution in [-0.2, 0) is 0 Å². The number of hydrogen-bond acceptors (Lipinski definition) is 0. The van der Waals surface area contributed by atoms with Crippen LogP contribution >= 0.6 is 11.6 Å². The Morgan fingerprint density at radius 3 is 2.04 bits per heavy atom. The summed E-state index contributed by atoms with van der Waals surface area (Å²) in [5.41, 5.74) is 4.68. The minimum atomic E-state index is 0.777. The molecule has 0 heterocycles. The van der Waals surface area contributed by atoms with Crippen LogP contribution in [0.25, 0.3) is 43.8 Å². The molecule has 5 rings (SSSR count). The maximum absolute atomic E-state index is 6.57. The molecule has 27 heavy (non-hydrogen) atoms. The zero-order valence-electron chi connectivity index (χ0n) is 14.7. The number of fused-ring (bicyclic) bond motifs is 3. The van der Waals surface area contributed by atoms with Gasteiger partial charge in [-0.05, 0) is 56.4 Å². The molecule has 0 N–H and O–H groups in total. The molecule has 1 heteroatoms. The lowest BCUT2D eigenvalue weighted by Gasteiger charge is -2.14. The highest BCUT2D eigenvalue weighted by Crippen LogP contribution is 2.39. The van der Waals surface area contributed by atoms with Crippen molar-refractivity contribution in [3.05, 3.63) is 108 Å². The summed E-state index contributed by atoms with van der Waals surface area (Å²) in [7, 11) is 0. The van der Waals surface area contributed by atoms with E-state index in [-0.39, 0.29) is 0 Å². The quantitative estimate of drug-likeness (QED) is 0.278. The molecule has 0 aromatic heterocycles. The van der Waals surface area contributed by atoms with Gasteiger partial charge < -0.3 is 0 Å². The third-order valence-corrected chi connectivity index (χ3v) is 5.46. The second kappa shape index (κ2) is 6.57. The maximum atomic E-state index is 6.57. The fraction of sp³-hybridized carbons (Fsp3) is 0.